The summed E-state index contributed by atoms with van der Waals surface area (Å²) in [7, 11) is -3.33. The van der Waals surface area contributed by atoms with Crippen LogP contribution in [0, 0.1) is 5.92 Å². The Hall–Kier alpha value is -0.210. The Balaban J connectivity index is 1.71. The lowest BCUT2D eigenvalue weighted by Gasteiger charge is -2.41. The van der Waals surface area contributed by atoms with E-state index in [0.717, 1.165) is 32.1 Å². The second-order valence-electron chi connectivity index (χ2n) is 6.10. The second kappa shape index (κ2) is 5.88. The number of rotatable bonds is 3. The van der Waals surface area contributed by atoms with Crippen molar-refractivity contribution in [2.75, 3.05) is 32.8 Å². The molecule has 116 valence electrons. The lowest BCUT2D eigenvalue weighted by Crippen LogP contribution is -2.56. The molecule has 0 aromatic heterocycles. The lowest BCUT2D eigenvalue weighted by atomic mass is 9.99. The van der Waals surface area contributed by atoms with Crippen molar-refractivity contribution in [3.05, 3.63) is 0 Å². The van der Waals surface area contributed by atoms with Crippen LogP contribution in [0.5, 0.6) is 0 Å². The zero-order chi connectivity index (χ0) is 14.2. The van der Waals surface area contributed by atoms with Crippen LogP contribution in [-0.2, 0) is 14.9 Å². The zero-order valence-electron chi connectivity index (χ0n) is 11.9. The van der Waals surface area contributed by atoms with Crippen LogP contribution < -0.4 is 5.73 Å². The maximum Gasteiger partial charge on any atom is 0.282 e. The first-order valence-corrected chi connectivity index (χ1v) is 9.11. The van der Waals surface area contributed by atoms with Gasteiger partial charge in [0.1, 0.15) is 0 Å². The zero-order valence-corrected chi connectivity index (χ0v) is 12.7. The molecule has 2 atom stereocenters. The molecule has 1 aliphatic carbocycles. The second-order valence-corrected chi connectivity index (χ2v) is 7.99. The third-order valence-corrected chi connectivity index (χ3v) is 7.02. The standard InChI is InChI=1S/C13H25N3O3S/c14-10-11-4-6-15(7-5-11)20(17,18)16-8-9-19-13-3-1-2-12(13)16/h11-13H,1-10,14H2. The number of ether oxygens (including phenoxy) is 1. The fourth-order valence-electron chi connectivity index (χ4n) is 3.70. The number of nitrogens with zero attached hydrogens (tertiary/aromatic N) is 2. The number of piperidine rings is 1. The quantitative estimate of drug-likeness (QED) is 0.805. The summed E-state index contributed by atoms with van der Waals surface area (Å²) < 4.78 is 34.8. The third-order valence-electron chi connectivity index (χ3n) is 4.96. The molecule has 2 heterocycles. The normalized spacial score (nSPS) is 34.2. The van der Waals surface area contributed by atoms with Gasteiger partial charge in [-0.25, -0.2) is 0 Å². The van der Waals surface area contributed by atoms with Gasteiger partial charge in [0.15, 0.2) is 0 Å². The van der Waals surface area contributed by atoms with Crippen LogP contribution in [0.15, 0.2) is 0 Å². The average Bonchev–Trinajstić information content (AvgIpc) is 2.95. The van der Waals surface area contributed by atoms with Crippen molar-refractivity contribution in [3.8, 4) is 0 Å². The highest BCUT2D eigenvalue weighted by atomic mass is 32.2. The summed E-state index contributed by atoms with van der Waals surface area (Å²) >= 11 is 0. The number of hydrogen-bond donors (Lipinski definition) is 1. The Labute approximate surface area is 121 Å². The van der Waals surface area contributed by atoms with E-state index in [1.165, 1.54) is 0 Å². The van der Waals surface area contributed by atoms with Crippen molar-refractivity contribution < 1.29 is 13.2 Å². The average molecular weight is 303 g/mol. The minimum atomic E-state index is -3.33. The molecular formula is C13H25N3O3S. The van der Waals surface area contributed by atoms with E-state index in [2.05, 4.69) is 0 Å². The van der Waals surface area contributed by atoms with Crippen LogP contribution in [0.4, 0.5) is 0 Å². The predicted molar refractivity (Wildman–Crippen MR) is 76.4 cm³/mol. The van der Waals surface area contributed by atoms with Crippen LogP contribution in [0.25, 0.3) is 0 Å². The van der Waals surface area contributed by atoms with Gasteiger partial charge in [0.25, 0.3) is 10.2 Å². The van der Waals surface area contributed by atoms with Gasteiger partial charge in [-0.3, -0.25) is 0 Å². The van der Waals surface area contributed by atoms with Gasteiger partial charge < -0.3 is 10.5 Å². The van der Waals surface area contributed by atoms with Gasteiger partial charge in [-0.05, 0) is 44.6 Å². The van der Waals surface area contributed by atoms with Crippen LogP contribution in [0.2, 0.25) is 0 Å². The molecule has 2 N–H and O–H groups in total. The molecule has 0 aromatic rings. The van der Waals surface area contributed by atoms with E-state index in [-0.39, 0.29) is 12.1 Å². The van der Waals surface area contributed by atoms with Crippen LogP contribution >= 0.6 is 0 Å². The van der Waals surface area contributed by atoms with Crippen molar-refractivity contribution in [3.63, 3.8) is 0 Å². The van der Waals surface area contributed by atoms with Gasteiger partial charge in [0.2, 0.25) is 0 Å². The van der Waals surface area contributed by atoms with Gasteiger partial charge in [-0.15, -0.1) is 0 Å². The van der Waals surface area contributed by atoms with Gasteiger partial charge in [0, 0.05) is 19.6 Å². The number of nitrogens with two attached hydrogens (primary N) is 1. The summed E-state index contributed by atoms with van der Waals surface area (Å²) in [6.07, 6.45) is 4.87. The number of hydrogen-bond acceptors (Lipinski definition) is 4. The van der Waals surface area contributed by atoms with Crippen LogP contribution in [0.1, 0.15) is 32.1 Å². The summed E-state index contributed by atoms with van der Waals surface area (Å²) in [6, 6.07) is 0.0565. The van der Waals surface area contributed by atoms with Crippen LogP contribution in [0.3, 0.4) is 0 Å². The Morgan fingerprint density at radius 2 is 1.85 bits per heavy atom. The molecule has 0 amide bonds. The molecule has 0 bridgehead atoms. The van der Waals surface area contributed by atoms with E-state index >= 15 is 0 Å². The largest absolute Gasteiger partial charge is 0.375 e. The van der Waals surface area contributed by atoms with E-state index in [9.17, 15) is 8.42 Å². The fourth-order valence-corrected chi connectivity index (χ4v) is 5.56. The van der Waals surface area contributed by atoms with Crippen molar-refractivity contribution in [2.45, 2.75) is 44.2 Å². The first-order valence-electron chi connectivity index (χ1n) is 7.71. The van der Waals surface area contributed by atoms with Crippen molar-refractivity contribution in [1.82, 2.24) is 8.61 Å². The SMILES string of the molecule is NCC1CCN(S(=O)(=O)N2CCOC3CCCC32)CC1. The monoisotopic (exact) mass is 303 g/mol. The molecule has 20 heavy (non-hydrogen) atoms. The van der Waals surface area contributed by atoms with Crippen molar-refractivity contribution in [1.29, 1.82) is 0 Å². The van der Waals surface area contributed by atoms with Gasteiger partial charge in [-0.2, -0.15) is 17.0 Å². The van der Waals surface area contributed by atoms with E-state index in [1.807, 2.05) is 0 Å². The Kier molecular flexibility index (Phi) is 4.33. The lowest BCUT2D eigenvalue weighted by molar-refractivity contribution is -0.0264. The van der Waals surface area contributed by atoms with Gasteiger partial charge >= 0.3 is 0 Å². The molecule has 0 aromatic carbocycles. The first-order chi connectivity index (χ1) is 9.63. The molecule has 2 aliphatic heterocycles. The molecule has 2 saturated heterocycles. The summed E-state index contributed by atoms with van der Waals surface area (Å²) in [5.41, 5.74) is 5.68. The summed E-state index contributed by atoms with van der Waals surface area (Å²) in [6.45, 7) is 2.91. The maximum atomic E-state index is 12.8. The smallest absolute Gasteiger partial charge is 0.282 e. The molecule has 2 unspecified atom stereocenters. The maximum absolute atomic E-state index is 12.8. The van der Waals surface area contributed by atoms with E-state index in [4.69, 9.17) is 10.5 Å². The number of fused-ring (bicyclic) bond motifs is 1. The fraction of sp³-hybridized carbons (Fsp3) is 1.00. The topological polar surface area (TPSA) is 75.9 Å². The summed E-state index contributed by atoms with van der Waals surface area (Å²) in [5.74, 6) is 0.477. The highest BCUT2D eigenvalue weighted by Gasteiger charge is 2.44. The molecular weight excluding hydrogens is 278 g/mol. The minimum Gasteiger partial charge on any atom is -0.375 e. The molecule has 0 spiro atoms. The van der Waals surface area contributed by atoms with E-state index in [1.54, 1.807) is 8.61 Å². The summed E-state index contributed by atoms with van der Waals surface area (Å²) in [5, 5.41) is 0. The molecule has 6 nitrogen and oxygen atoms in total. The summed E-state index contributed by atoms with van der Waals surface area (Å²) in [4.78, 5) is 0. The molecule has 3 aliphatic rings. The third kappa shape index (κ3) is 2.62. The van der Waals surface area contributed by atoms with E-state index in [0.29, 0.717) is 38.7 Å². The Morgan fingerprint density at radius 3 is 2.55 bits per heavy atom. The highest BCUT2D eigenvalue weighted by molar-refractivity contribution is 7.86. The Bertz CT molecular complexity index is 434. The number of morpholine rings is 1. The first kappa shape index (κ1) is 14.7. The van der Waals surface area contributed by atoms with Crippen LogP contribution in [-0.4, -0.2) is 62.0 Å². The van der Waals surface area contributed by atoms with Gasteiger partial charge in [0.05, 0.1) is 18.8 Å². The molecule has 7 heteroatoms. The predicted octanol–water partition coefficient (Wildman–Crippen LogP) is 0.155. The van der Waals surface area contributed by atoms with E-state index < -0.39 is 10.2 Å². The molecule has 0 radical (unpaired) electrons. The molecule has 1 saturated carbocycles. The highest BCUT2D eigenvalue weighted by Crippen LogP contribution is 2.33. The minimum absolute atomic E-state index is 0.0565. The Morgan fingerprint density at radius 1 is 1.10 bits per heavy atom. The van der Waals surface area contributed by atoms with Crippen molar-refractivity contribution in [2.24, 2.45) is 11.7 Å². The van der Waals surface area contributed by atoms with Crippen molar-refractivity contribution >= 4 is 10.2 Å². The van der Waals surface area contributed by atoms with Gasteiger partial charge in [-0.1, -0.05) is 0 Å². The molecule has 3 rings (SSSR count). The molecule has 3 fully saturated rings.